The van der Waals surface area contributed by atoms with Gasteiger partial charge in [-0.15, -0.1) is 0 Å². The lowest BCUT2D eigenvalue weighted by atomic mass is 9.84. The molecule has 0 unspecified atom stereocenters. The van der Waals surface area contributed by atoms with Gasteiger partial charge in [0.2, 0.25) is 0 Å². The van der Waals surface area contributed by atoms with Crippen molar-refractivity contribution in [1.82, 2.24) is 0 Å². The summed E-state index contributed by atoms with van der Waals surface area (Å²) in [6, 6.07) is 47.6. The third-order valence-corrected chi connectivity index (χ3v) is 8.99. The number of hydrogen-bond donors (Lipinski definition) is 0. The lowest BCUT2D eigenvalue weighted by Crippen LogP contribution is -1.92. The summed E-state index contributed by atoms with van der Waals surface area (Å²) in [5.41, 5.74) is 8.44. The monoisotopic (exact) mass is 534 g/mol. The molecule has 0 N–H and O–H groups in total. The maximum atomic E-state index is 6.66. The van der Waals surface area contributed by atoms with Crippen LogP contribution in [0.2, 0.25) is 0 Å². The van der Waals surface area contributed by atoms with Crippen LogP contribution in [0.4, 0.5) is 0 Å². The molecular weight excluding hydrogens is 512 g/mol. The van der Waals surface area contributed by atoms with Crippen LogP contribution in [0.1, 0.15) is 0 Å². The molecule has 194 valence electrons. The van der Waals surface area contributed by atoms with Crippen LogP contribution in [0.3, 0.4) is 0 Å². The fourth-order valence-corrected chi connectivity index (χ4v) is 7.16. The van der Waals surface area contributed by atoms with E-state index in [0.29, 0.717) is 0 Å². The first-order valence-electron chi connectivity index (χ1n) is 14.4. The van der Waals surface area contributed by atoms with Gasteiger partial charge in [-0.2, -0.15) is 0 Å². The number of fused-ring (bicyclic) bond motifs is 8. The summed E-state index contributed by atoms with van der Waals surface area (Å²) in [4.78, 5) is 0. The Morgan fingerprint density at radius 3 is 1.17 bits per heavy atom. The highest BCUT2D eigenvalue weighted by atomic mass is 16.3. The van der Waals surface area contributed by atoms with Gasteiger partial charge in [-0.05, 0) is 69.4 Å². The molecule has 10 aromatic rings. The molecule has 0 saturated heterocycles. The molecule has 10 rings (SSSR count). The lowest BCUT2D eigenvalue weighted by Gasteiger charge is -2.18. The van der Waals surface area contributed by atoms with E-state index in [2.05, 4.69) is 121 Å². The Morgan fingerprint density at radius 2 is 0.714 bits per heavy atom. The molecule has 0 atom stereocenters. The van der Waals surface area contributed by atoms with Crippen molar-refractivity contribution < 1.29 is 8.83 Å². The van der Waals surface area contributed by atoms with Crippen molar-refractivity contribution in [1.29, 1.82) is 0 Å². The van der Waals surface area contributed by atoms with Crippen molar-refractivity contribution in [3.8, 4) is 22.3 Å². The van der Waals surface area contributed by atoms with Gasteiger partial charge in [-0.1, -0.05) is 97.1 Å². The molecular formula is C40H22O2. The third-order valence-electron chi connectivity index (χ3n) is 8.99. The zero-order valence-electron chi connectivity index (χ0n) is 22.5. The third kappa shape index (κ3) is 2.83. The van der Waals surface area contributed by atoms with Crippen LogP contribution < -0.4 is 0 Å². The van der Waals surface area contributed by atoms with Gasteiger partial charge in [-0.3, -0.25) is 0 Å². The quantitative estimate of drug-likeness (QED) is 0.206. The summed E-state index contributed by atoms with van der Waals surface area (Å²) in [5.74, 6) is 0. The van der Waals surface area contributed by atoms with Gasteiger partial charge < -0.3 is 8.83 Å². The van der Waals surface area contributed by atoms with Gasteiger partial charge in [0.15, 0.2) is 0 Å². The summed E-state index contributed by atoms with van der Waals surface area (Å²) in [5, 5.41) is 11.7. The van der Waals surface area contributed by atoms with E-state index in [4.69, 9.17) is 8.83 Å². The first kappa shape index (κ1) is 22.1. The minimum absolute atomic E-state index is 0.907. The van der Waals surface area contributed by atoms with Crippen molar-refractivity contribution >= 4 is 76.2 Å². The van der Waals surface area contributed by atoms with E-state index in [1.807, 2.05) is 12.1 Å². The maximum absolute atomic E-state index is 6.66. The van der Waals surface area contributed by atoms with Crippen LogP contribution in [-0.2, 0) is 0 Å². The Kier molecular flexibility index (Phi) is 4.21. The zero-order valence-corrected chi connectivity index (χ0v) is 22.5. The van der Waals surface area contributed by atoms with Gasteiger partial charge in [0.1, 0.15) is 22.3 Å². The minimum Gasteiger partial charge on any atom is -0.455 e. The van der Waals surface area contributed by atoms with E-state index in [1.165, 1.54) is 43.8 Å². The molecule has 2 nitrogen and oxygen atoms in total. The van der Waals surface area contributed by atoms with Crippen molar-refractivity contribution in [3.05, 3.63) is 133 Å². The number of furan rings is 2. The standard InChI is InChI=1S/C40H22O2/c1-3-11-23(12-4-1)27-19-33-38-30(22-32-26-16-8-10-18-36(26)41-39(32)33)28(24-13-5-2-6-14-24)20-34-37(38)29(27)21-31-25-15-7-9-17-35(25)42-40(31)34/h1-22H. The largest absolute Gasteiger partial charge is 0.455 e. The molecule has 0 spiro atoms. The summed E-state index contributed by atoms with van der Waals surface area (Å²) in [6.07, 6.45) is 0. The minimum atomic E-state index is 0.907. The SMILES string of the molecule is c1ccc(-c2cc3c4oc5ccccc5c4cc4c(-c5ccccc5)cc5c6oc7ccccc7c6cc2c5c43)cc1. The van der Waals surface area contributed by atoms with E-state index in [1.54, 1.807) is 0 Å². The van der Waals surface area contributed by atoms with Gasteiger partial charge >= 0.3 is 0 Å². The molecule has 0 amide bonds. The Labute approximate surface area is 240 Å². The normalized spacial score (nSPS) is 12.3. The average Bonchev–Trinajstić information content (AvgIpc) is 3.62. The molecule has 0 aliphatic carbocycles. The zero-order chi connectivity index (χ0) is 27.4. The van der Waals surface area contributed by atoms with Crippen molar-refractivity contribution in [2.45, 2.75) is 0 Å². The summed E-state index contributed by atoms with van der Waals surface area (Å²) in [6.45, 7) is 0. The van der Waals surface area contributed by atoms with Crippen molar-refractivity contribution in [2.75, 3.05) is 0 Å². The van der Waals surface area contributed by atoms with Crippen LogP contribution >= 0.6 is 0 Å². The van der Waals surface area contributed by atoms with Gasteiger partial charge in [-0.25, -0.2) is 0 Å². The highest BCUT2D eigenvalue weighted by Crippen LogP contribution is 2.50. The van der Waals surface area contributed by atoms with Crippen LogP contribution in [-0.4, -0.2) is 0 Å². The summed E-state index contributed by atoms with van der Waals surface area (Å²) >= 11 is 0. The Bertz CT molecular complexity index is 2470. The number of para-hydroxylation sites is 2. The fraction of sp³-hybridized carbons (Fsp3) is 0. The molecule has 2 heteroatoms. The first-order valence-corrected chi connectivity index (χ1v) is 14.4. The second kappa shape index (κ2) is 7.99. The average molecular weight is 535 g/mol. The molecule has 42 heavy (non-hydrogen) atoms. The van der Waals surface area contributed by atoms with Crippen molar-refractivity contribution in [3.63, 3.8) is 0 Å². The lowest BCUT2D eigenvalue weighted by molar-refractivity contribution is 0.672. The number of benzene rings is 8. The highest BCUT2D eigenvalue weighted by molar-refractivity contribution is 6.38. The molecule has 2 aromatic heterocycles. The van der Waals surface area contributed by atoms with Crippen molar-refractivity contribution in [2.24, 2.45) is 0 Å². The predicted molar refractivity (Wildman–Crippen MR) is 176 cm³/mol. The van der Waals surface area contributed by atoms with E-state index in [-0.39, 0.29) is 0 Å². The van der Waals surface area contributed by atoms with E-state index >= 15 is 0 Å². The molecule has 0 aliphatic rings. The number of hydrogen-bond acceptors (Lipinski definition) is 2. The van der Waals surface area contributed by atoms with E-state index in [0.717, 1.165) is 54.6 Å². The summed E-state index contributed by atoms with van der Waals surface area (Å²) < 4.78 is 13.3. The van der Waals surface area contributed by atoms with Gasteiger partial charge in [0.25, 0.3) is 0 Å². The number of rotatable bonds is 2. The molecule has 8 aromatic carbocycles. The smallest absolute Gasteiger partial charge is 0.143 e. The molecule has 2 heterocycles. The molecule has 0 saturated carbocycles. The first-order chi connectivity index (χ1) is 20.8. The Balaban J connectivity index is 1.54. The van der Waals surface area contributed by atoms with Crippen LogP contribution in [0.5, 0.6) is 0 Å². The van der Waals surface area contributed by atoms with Crippen LogP contribution in [0, 0.1) is 0 Å². The second-order valence-electron chi connectivity index (χ2n) is 11.2. The van der Waals surface area contributed by atoms with Gasteiger partial charge in [0, 0.05) is 43.1 Å². The van der Waals surface area contributed by atoms with E-state index in [9.17, 15) is 0 Å². The fourth-order valence-electron chi connectivity index (χ4n) is 7.16. The summed E-state index contributed by atoms with van der Waals surface area (Å²) in [7, 11) is 0. The Morgan fingerprint density at radius 1 is 0.310 bits per heavy atom. The molecule has 0 fully saturated rings. The van der Waals surface area contributed by atoms with Gasteiger partial charge in [0.05, 0.1) is 0 Å². The van der Waals surface area contributed by atoms with Crippen LogP contribution in [0.15, 0.2) is 142 Å². The highest BCUT2D eigenvalue weighted by Gasteiger charge is 2.24. The predicted octanol–water partition coefficient (Wildman–Crippen LogP) is 11.7. The van der Waals surface area contributed by atoms with E-state index < -0.39 is 0 Å². The second-order valence-corrected chi connectivity index (χ2v) is 11.2. The van der Waals surface area contributed by atoms with Crippen LogP contribution in [0.25, 0.3) is 98.4 Å². The Hall–Kier alpha value is -5.60. The topological polar surface area (TPSA) is 26.3 Å². The molecule has 0 aliphatic heterocycles. The molecule has 0 bridgehead atoms. The molecule has 0 radical (unpaired) electrons. The maximum Gasteiger partial charge on any atom is 0.143 e.